The standard InChI is InChI=1S/C15H25NO2/c1-12(2)18-11-7-10-16-13(3)15(17)14-8-5-4-6-9-14/h4-6,8-9,12-13,15-17H,7,10-11H2,1-3H3. The van der Waals surface area contributed by atoms with Gasteiger partial charge in [0, 0.05) is 12.6 Å². The monoisotopic (exact) mass is 251 g/mol. The molecule has 0 aliphatic rings. The molecule has 0 amide bonds. The fraction of sp³-hybridized carbons (Fsp3) is 0.600. The zero-order chi connectivity index (χ0) is 13.4. The van der Waals surface area contributed by atoms with Gasteiger partial charge < -0.3 is 15.2 Å². The quantitative estimate of drug-likeness (QED) is 0.698. The molecule has 2 atom stereocenters. The lowest BCUT2D eigenvalue weighted by molar-refractivity contribution is 0.0747. The Hall–Kier alpha value is -0.900. The molecule has 0 spiro atoms. The molecule has 0 fully saturated rings. The van der Waals surface area contributed by atoms with Gasteiger partial charge in [0.15, 0.2) is 0 Å². The summed E-state index contributed by atoms with van der Waals surface area (Å²) in [6, 6.07) is 9.79. The van der Waals surface area contributed by atoms with Gasteiger partial charge in [0.1, 0.15) is 0 Å². The van der Waals surface area contributed by atoms with Crippen LogP contribution in [0.2, 0.25) is 0 Å². The predicted octanol–water partition coefficient (Wildman–Crippen LogP) is 2.51. The predicted molar refractivity (Wildman–Crippen MR) is 74.6 cm³/mol. The Balaban J connectivity index is 2.22. The first-order valence-corrected chi connectivity index (χ1v) is 6.69. The van der Waals surface area contributed by atoms with Crippen molar-refractivity contribution in [1.82, 2.24) is 5.32 Å². The molecule has 0 saturated heterocycles. The van der Waals surface area contributed by atoms with E-state index in [1.807, 2.05) is 51.1 Å². The fourth-order valence-corrected chi connectivity index (χ4v) is 1.77. The highest BCUT2D eigenvalue weighted by Crippen LogP contribution is 2.15. The number of hydrogen-bond donors (Lipinski definition) is 2. The summed E-state index contributed by atoms with van der Waals surface area (Å²) < 4.78 is 5.47. The number of aliphatic hydroxyl groups is 1. The molecule has 0 aromatic heterocycles. The maximum atomic E-state index is 10.1. The van der Waals surface area contributed by atoms with E-state index in [9.17, 15) is 5.11 Å². The Morgan fingerprint density at radius 2 is 1.83 bits per heavy atom. The maximum Gasteiger partial charge on any atom is 0.0940 e. The molecule has 3 nitrogen and oxygen atoms in total. The van der Waals surface area contributed by atoms with Crippen LogP contribution >= 0.6 is 0 Å². The minimum absolute atomic E-state index is 0.0476. The van der Waals surface area contributed by atoms with Gasteiger partial charge >= 0.3 is 0 Å². The lowest BCUT2D eigenvalue weighted by Crippen LogP contribution is -2.33. The molecule has 18 heavy (non-hydrogen) atoms. The highest BCUT2D eigenvalue weighted by atomic mass is 16.5. The molecule has 3 heteroatoms. The number of nitrogens with one attached hydrogen (secondary N) is 1. The van der Waals surface area contributed by atoms with E-state index in [0.717, 1.165) is 25.1 Å². The molecule has 0 radical (unpaired) electrons. The summed E-state index contributed by atoms with van der Waals surface area (Å²) >= 11 is 0. The van der Waals surface area contributed by atoms with Gasteiger partial charge in [-0.25, -0.2) is 0 Å². The summed E-state index contributed by atoms with van der Waals surface area (Å²) in [6.45, 7) is 7.70. The van der Waals surface area contributed by atoms with Crippen LogP contribution < -0.4 is 5.32 Å². The van der Waals surface area contributed by atoms with Crippen LogP contribution in [0.1, 0.15) is 38.9 Å². The first kappa shape index (κ1) is 15.2. The third-order valence-corrected chi connectivity index (χ3v) is 2.85. The van der Waals surface area contributed by atoms with E-state index in [1.54, 1.807) is 0 Å². The van der Waals surface area contributed by atoms with Gasteiger partial charge in [-0.2, -0.15) is 0 Å². The molecular formula is C15H25NO2. The summed E-state index contributed by atoms with van der Waals surface area (Å²) in [6.07, 6.45) is 0.791. The van der Waals surface area contributed by atoms with Crippen molar-refractivity contribution in [2.45, 2.75) is 45.4 Å². The average Bonchev–Trinajstić information content (AvgIpc) is 2.38. The molecule has 1 aromatic rings. The minimum atomic E-state index is -0.461. The van der Waals surface area contributed by atoms with Gasteiger partial charge in [-0.15, -0.1) is 0 Å². The minimum Gasteiger partial charge on any atom is -0.387 e. The Morgan fingerprint density at radius 1 is 1.17 bits per heavy atom. The largest absolute Gasteiger partial charge is 0.387 e. The molecule has 0 heterocycles. The highest BCUT2D eigenvalue weighted by Gasteiger charge is 2.14. The van der Waals surface area contributed by atoms with E-state index in [1.165, 1.54) is 0 Å². The van der Waals surface area contributed by atoms with Crippen LogP contribution in [0.3, 0.4) is 0 Å². The van der Waals surface area contributed by atoms with Gasteiger partial charge in [0.2, 0.25) is 0 Å². The van der Waals surface area contributed by atoms with E-state index >= 15 is 0 Å². The Kier molecular flexibility index (Phi) is 6.94. The van der Waals surface area contributed by atoms with Crippen LogP contribution in [0.5, 0.6) is 0 Å². The summed E-state index contributed by atoms with van der Waals surface area (Å²) in [5, 5.41) is 13.5. The molecule has 1 rings (SSSR count). The van der Waals surface area contributed by atoms with Crippen LogP contribution in [0.4, 0.5) is 0 Å². The van der Waals surface area contributed by atoms with E-state index in [2.05, 4.69) is 5.32 Å². The zero-order valence-corrected chi connectivity index (χ0v) is 11.6. The van der Waals surface area contributed by atoms with E-state index in [4.69, 9.17) is 4.74 Å². The molecule has 0 bridgehead atoms. The first-order chi connectivity index (χ1) is 8.61. The lowest BCUT2D eigenvalue weighted by atomic mass is 10.0. The van der Waals surface area contributed by atoms with Gasteiger partial charge in [-0.1, -0.05) is 30.3 Å². The van der Waals surface area contributed by atoms with Crippen molar-refractivity contribution < 1.29 is 9.84 Å². The van der Waals surface area contributed by atoms with Crippen LogP contribution in [0.25, 0.3) is 0 Å². The number of benzene rings is 1. The average molecular weight is 251 g/mol. The number of rotatable bonds is 8. The van der Waals surface area contributed by atoms with Crippen molar-refractivity contribution in [3.63, 3.8) is 0 Å². The van der Waals surface area contributed by atoms with E-state index in [0.29, 0.717) is 0 Å². The maximum absolute atomic E-state index is 10.1. The Labute approximate surface area is 110 Å². The van der Waals surface area contributed by atoms with E-state index < -0.39 is 6.10 Å². The van der Waals surface area contributed by atoms with Crippen molar-refractivity contribution in [2.75, 3.05) is 13.2 Å². The zero-order valence-electron chi connectivity index (χ0n) is 11.6. The highest BCUT2D eigenvalue weighted by molar-refractivity contribution is 5.18. The normalized spacial score (nSPS) is 14.7. The summed E-state index contributed by atoms with van der Waals surface area (Å²) in [5.74, 6) is 0. The second-order valence-electron chi connectivity index (χ2n) is 4.87. The molecule has 0 aliphatic carbocycles. The summed E-state index contributed by atoms with van der Waals surface area (Å²) in [4.78, 5) is 0. The van der Waals surface area contributed by atoms with Crippen molar-refractivity contribution in [3.05, 3.63) is 35.9 Å². The van der Waals surface area contributed by atoms with Gasteiger partial charge in [-0.05, 0) is 39.3 Å². The number of ether oxygens (including phenoxy) is 1. The molecule has 0 saturated carbocycles. The van der Waals surface area contributed by atoms with Crippen LogP contribution in [0.15, 0.2) is 30.3 Å². The van der Waals surface area contributed by atoms with Crippen molar-refractivity contribution in [3.8, 4) is 0 Å². The smallest absolute Gasteiger partial charge is 0.0940 e. The first-order valence-electron chi connectivity index (χ1n) is 6.69. The second kappa shape index (κ2) is 8.25. The SMILES string of the molecule is CC(C)OCCCNC(C)C(O)c1ccccc1. The van der Waals surface area contributed by atoms with Crippen molar-refractivity contribution in [1.29, 1.82) is 0 Å². The van der Waals surface area contributed by atoms with Crippen LogP contribution in [0, 0.1) is 0 Å². The third-order valence-electron chi connectivity index (χ3n) is 2.85. The van der Waals surface area contributed by atoms with Crippen molar-refractivity contribution >= 4 is 0 Å². The van der Waals surface area contributed by atoms with Gasteiger partial charge in [0.05, 0.1) is 12.2 Å². The molecule has 0 aliphatic heterocycles. The Morgan fingerprint density at radius 3 is 2.44 bits per heavy atom. The van der Waals surface area contributed by atoms with Crippen molar-refractivity contribution in [2.24, 2.45) is 0 Å². The van der Waals surface area contributed by atoms with Gasteiger partial charge in [-0.3, -0.25) is 0 Å². The fourth-order valence-electron chi connectivity index (χ4n) is 1.77. The molecule has 1 aromatic carbocycles. The number of hydrogen-bond acceptors (Lipinski definition) is 3. The number of aliphatic hydroxyl groups excluding tert-OH is 1. The third kappa shape index (κ3) is 5.63. The van der Waals surface area contributed by atoms with E-state index in [-0.39, 0.29) is 12.1 Å². The summed E-state index contributed by atoms with van der Waals surface area (Å²) in [7, 11) is 0. The topological polar surface area (TPSA) is 41.5 Å². The van der Waals surface area contributed by atoms with Crippen LogP contribution in [-0.2, 0) is 4.74 Å². The summed E-state index contributed by atoms with van der Waals surface area (Å²) in [5.41, 5.74) is 0.955. The molecular weight excluding hydrogens is 226 g/mol. The van der Waals surface area contributed by atoms with Gasteiger partial charge in [0.25, 0.3) is 0 Å². The second-order valence-corrected chi connectivity index (χ2v) is 4.87. The Bertz CT molecular complexity index is 314. The van der Waals surface area contributed by atoms with Crippen LogP contribution in [-0.4, -0.2) is 30.4 Å². The molecule has 2 N–H and O–H groups in total. The lowest BCUT2D eigenvalue weighted by Gasteiger charge is -2.20. The molecule has 2 unspecified atom stereocenters. The molecule has 102 valence electrons.